The molecule has 0 unspecified atom stereocenters. The van der Waals surface area contributed by atoms with E-state index in [2.05, 4.69) is 0 Å². The van der Waals surface area contributed by atoms with E-state index >= 15 is 0 Å². The second-order valence-electron chi connectivity index (χ2n) is 8.39. The second kappa shape index (κ2) is 8.82. The van der Waals surface area contributed by atoms with Crippen molar-refractivity contribution in [3.05, 3.63) is 70.3 Å². The molecule has 0 fully saturated rings. The summed E-state index contributed by atoms with van der Waals surface area (Å²) >= 11 is 0. The molecule has 3 atom stereocenters. The molecule has 11 heteroatoms. The van der Waals surface area contributed by atoms with E-state index in [-0.39, 0.29) is 13.4 Å². The molecule has 2 aromatic rings. The Morgan fingerprint density at radius 2 is 1.50 bits per heavy atom. The number of esters is 2. The van der Waals surface area contributed by atoms with Crippen LogP contribution in [-0.2, 0) is 34.1 Å². The van der Waals surface area contributed by atoms with Crippen LogP contribution >= 0.6 is 0 Å². The van der Waals surface area contributed by atoms with Crippen LogP contribution < -0.4 is 9.47 Å². The molecule has 0 N–H and O–H groups in total. The summed E-state index contributed by atoms with van der Waals surface area (Å²) in [5.74, 6) is -1.14. The van der Waals surface area contributed by atoms with Gasteiger partial charge in [0.05, 0.1) is 0 Å². The molecule has 0 saturated carbocycles. The minimum atomic E-state index is -5.11. The number of carbonyl (C=O) groups is 2. The molecule has 3 aliphatic heterocycles. The summed E-state index contributed by atoms with van der Waals surface area (Å²) < 4.78 is 74.8. The number of carbonyl (C=O) groups excluding carboxylic acids is 2. The number of benzene rings is 2. The van der Waals surface area contributed by atoms with Gasteiger partial charge in [0.15, 0.2) is 11.5 Å². The zero-order valence-electron chi connectivity index (χ0n) is 19.2. The van der Waals surface area contributed by atoms with E-state index in [0.717, 1.165) is 24.8 Å². The number of ether oxygens (including phenoxy) is 6. The van der Waals surface area contributed by atoms with Crippen LogP contribution in [0.5, 0.6) is 11.5 Å². The molecule has 0 radical (unpaired) electrons. The third-order valence-electron chi connectivity index (χ3n) is 6.42. The number of fused-ring (bicyclic) bond motifs is 6. The average Bonchev–Trinajstić information content (AvgIpc) is 3.54. The van der Waals surface area contributed by atoms with Gasteiger partial charge in [-0.3, -0.25) is 4.79 Å². The van der Waals surface area contributed by atoms with Crippen LogP contribution in [0, 0.1) is 0 Å². The summed E-state index contributed by atoms with van der Waals surface area (Å²) in [6.45, 7) is 0.586. The molecule has 0 aromatic heterocycles. The number of hydrogen-bond donors (Lipinski definition) is 0. The number of halogens is 3. The fraction of sp³-hybridized carbons (Fsp3) is 0.360. The van der Waals surface area contributed by atoms with Crippen molar-refractivity contribution in [2.75, 3.05) is 27.1 Å². The third-order valence-corrected chi connectivity index (χ3v) is 6.42. The van der Waals surface area contributed by atoms with Gasteiger partial charge < -0.3 is 28.4 Å². The second-order valence-corrected chi connectivity index (χ2v) is 8.39. The minimum absolute atomic E-state index is 0.0582. The SMILES string of the molecule is CO[C@](C(=O)OCC1=C(COC(C)=O)[C@@H]2O[C@H]1c1cc3c(cc12)OCO3)(c1ccccc1)C(F)(F)F. The van der Waals surface area contributed by atoms with Crippen LogP contribution in [0.1, 0.15) is 35.8 Å². The van der Waals surface area contributed by atoms with E-state index in [1.807, 2.05) is 0 Å². The van der Waals surface area contributed by atoms with Crippen molar-refractivity contribution in [2.45, 2.75) is 30.9 Å². The Morgan fingerprint density at radius 3 is 2.00 bits per heavy atom. The van der Waals surface area contributed by atoms with E-state index in [1.165, 1.54) is 25.1 Å². The molecule has 5 rings (SSSR count). The zero-order valence-corrected chi connectivity index (χ0v) is 19.2. The predicted molar refractivity (Wildman–Crippen MR) is 115 cm³/mol. The van der Waals surface area contributed by atoms with Gasteiger partial charge in [-0.25, -0.2) is 4.79 Å². The molecule has 3 heterocycles. The van der Waals surface area contributed by atoms with Gasteiger partial charge in [0.25, 0.3) is 5.60 Å². The molecule has 0 spiro atoms. The van der Waals surface area contributed by atoms with E-state index in [9.17, 15) is 22.8 Å². The first-order valence-corrected chi connectivity index (χ1v) is 11.0. The van der Waals surface area contributed by atoms with Gasteiger partial charge >= 0.3 is 18.1 Å². The molecule has 190 valence electrons. The van der Waals surface area contributed by atoms with Crippen LogP contribution in [0.25, 0.3) is 0 Å². The largest absolute Gasteiger partial charge is 0.461 e. The number of methoxy groups -OCH3 is 1. The highest BCUT2D eigenvalue weighted by Crippen LogP contribution is 2.57. The van der Waals surface area contributed by atoms with Crippen molar-refractivity contribution in [1.29, 1.82) is 0 Å². The Kier molecular flexibility index (Phi) is 5.92. The topological polar surface area (TPSA) is 89.5 Å². The van der Waals surface area contributed by atoms with Crippen LogP contribution in [-0.4, -0.2) is 45.2 Å². The molecule has 3 aliphatic rings. The predicted octanol–water partition coefficient (Wildman–Crippen LogP) is 4.05. The third kappa shape index (κ3) is 3.70. The highest BCUT2D eigenvalue weighted by Gasteiger charge is 2.64. The Morgan fingerprint density at radius 1 is 0.944 bits per heavy atom. The van der Waals surface area contributed by atoms with Crippen LogP contribution in [0.4, 0.5) is 13.2 Å². The van der Waals surface area contributed by atoms with Gasteiger partial charge in [0.2, 0.25) is 6.79 Å². The van der Waals surface area contributed by atoms with Crippen LogP contribution in [0.3, 0.4) is 0 Å². The molecule has 0 amide bonds. The maximum absolute atomic E-state index is 14.2. The molecular weight excluding hydrogens is 485 g/mol. The lowest BCUT2D eigenvalue weighted by molar-refractivity contribution is -0.276. The van der Waals surface area contributed by atoms with E-state index in [4.69, 9.17) is 28.4 Å². The molecule has 0 saturated heterocycles. The summed E-state index contributed by atoms with van der Waals surface area (Å²) in [6.07, 6.45) is -6.47. The van der Waals surface area contributed by atoms with Gasteiger partial charge in [-0.1, -0.05) is 30.3 Å². The molecule has 36 heavy (non-hydrogen) atoms. The molecular formula is C25H21F3O8. The van der Waals surface area contributed by atoms with Crippen LogP contribution in [0.2, 0.25) is 0 Å². The lowest BCUT2D eigenvalue weighted by Crippen LogP contribution is -2.51. The van der Waals surface area contributed by atoms with E-state index in [0.29, 0.717) is 28.2 Å². The highest BCUT2D eigenvalue weighted by molar-refractivity contribution is 5.83. The summed E-state index contributed by atoms with van der Waals surface area (Å²) in [7, 11) is 0.798. The zero-order chi connectivity index (χ0) is 25.7. The van der Waals surface area contributed by atoms with Gasteiger partial charge in [0.1, 0.15) is 25.4 Å². The molecule has 2 bridgehead atoms. The van der Waals surface area contributed by atoms with Gasteiger partial charge in [0, 0.05) is 30.7 Å². The maximum Gasteiger partial charge on any atom is 0.432 e. The van der Waals surface area contributed by atoms with Crippen LogP contribution in [0.15, 0.2) is 53.6 Å². The van der Waals surface area contributed by atoms with E-state index < -0.39 is 48.1 Å². The molecule has 0 aliphatic carbocycles. The Labute approximate surface area is 203 Å². The quantitative estimate of drug-likeness (QED) is 0.411. The summed E-state index contributed by atoms with van der Waals surface area (Å²) in [4.78, 5) is 24.5. The monoisotopic (exact) mass is 506 g/mol. The van der Waals surface area contributed by atoms with Gasteiger partial charge in [-0.05, 0) is 23.3 Å². The van der Waals surface area contributed by atoms with Crippen molar-refractivity contribution in [3.8, 4) is 11.5 Å². The first-order chi connectivity index (χ1) is 17.2. The fourth-order valence-electron chi connectivity index (χ4n) is 4.73. The summed E-state index contributed by atoms with van der Waals surface area (Å²) in [5.41, 5.74) is -1.40. The maximum atomic E-state index is 14.2. The van der Waals surface area contributed by atoms with Gasteiger partial charge in [-0.15, -0.1) is 0 Å². The first-order valence-electron chi connectivity index (χ1n) is 11.0. The first kappa shape index (κ1) is 24.1. The standard InChI is InChI=1S/C25H21F3O8/c1-13(29)32-10-17-18(22-16-9-20-19(34-12-35-20)8-15(16)21(17)36-22)11-33-23(30)24(31-2,25(26,27)28)14-6-4-3-5-7-14/h3-9,21-22H,10-12H2,1-2H3/t21-,22+,24+/m1/s1. The highest BCUT2D eigenvalue weighted by atomic mass is 19.4. The Hall–Kier alpha value is -3.57. The number of hydrogen-bond acceptors (Lipinski definition) is 8. The lowest BCUT2D eigenvalue weighted by Gasteiger charge is -2.32. The van der Waals surface area contributed by atoms with Crippen molar-refractivity contribution in [3.63, 3.8) is 0 Å². The normalized spacial score (nSPS) is 21.2. The molecule has 8 nitrogen and oxygen atoms in total. The number of alkyl halides is 3. The summed E-state index contributed by atoms with van der Waals surface area (Å²) in [5, 5.41) is 0. The fourth-order valence-corrected chi connectivity index (χ4v) is 4.73. The van der Waals surface area contributed by atoms with Gasteiger partial charge in [-0.2, -0.15) is 13.2 Å². The summed E-state index contributed by atoms with van der Waals surface area (Å²) in [6, 6.07) is 10.0. The Balaban J connectivity index is 1.47. The molecule has 2 aromatic carbocycles. The van der Waals surface area contributed by atoms with Crippen molar-refractivity contribution in [1.82, 2.24) is 0 Å². The van der Waals surface area contributed by atoms with Crippen molar-refractivity contribution in [2.24, 2.45) is 0 Å². The lowest BCUT2D eigenvalue weighted by atomic mass is 9.86. The van der Waals surface area contributed by atoms with E-state index in [1.54, 1.807) is 12.1 Å². The smallest absolute Gasteiger partial charge is 0.432 e. The van der Waals surface area contributed by atoms with Crippen molar-refractivity contribution < 1.29 is 51.2 Å². The Bertz CT molecular complexity index is 1240. The number of rotatable bonds is 7. The van der Waals surface area contributed by atoms with Crippen molar-refractivity contribution >= 4 is 11.9 Å². The minimum Gasteiger partial charge on any atom is -0.461 e. The average molecular weight is 506 g/mol.